The quantitative estimate of drug-likeness (QED) is 0.825. The molecule has 1 atom stereocenters. The topological polar surface area (TPSA) is 26.0 Å². The molecule has 0 fully saturated rings. The molecular weight excluding hydrogens is 246 g/mol. The number of thiophene rings is 1. The van der Waals surface area contributed by atoms with Crippen LogP contribution in [0.5, 0.6) is 0 Å². The third kappa shape index (κ3) is 1.69. The van der Waals surface area contributed by atoms with Crippen LogP contribution in [0.15, 0.2) is 3.79 Å². The SMILES string of the molecule is CC1CCc2c(sc(Br)c2CN)C1. The molecule has 0 spiro atoms. The summed E-state index contributed by atoms with van der Waals surface area (Å²) in [6.45, 7) is 3.01. The summed E-state index contributed by atoms with van der Waals surface area (Å²) < 4.78 is 1.26. The molecule has 0 radical (unpaired) electrons. The van der Waals surface area contributed by atoms with Crippen LogP contribution < -0.4 is 5.73 Å². The summed E-state index contributed by atoms with van der Waals surface area (Å²) in [7, 11) is 0. The molecule has 0 amide bonds. The minimum atomic E-state index is 0.681. The zero-order chi connectivity index (χ0) is 9.42. The van der Waals surface area contributed by atoms with Crippen molar-refractivity contribution in [1.29, 1.82) is 0 Å². The molecule has 72 valence electrons. The lowest BCUT2D eigenvalue weighted by molar-refractivity contribution is 0.506. The molecule has 1 aromatic rings. The van der Waals surface area contributed by atoms with E-state index in [0.717, 1.165) is 5.92 Å². The van der Waals surface area contributed by atoms with Gasteiger partial charge in [0, 0.05) is 11.4 Å². The first-order valence-electron chi connectivity index (χ1n) is 4.71. The van der Waals surface area contributed by atoms with E-state index in [2.05, 4.69) is 22.9 Å². The number of rotatable bonds is 1. The molecule has 2 rings (SSSR count). The second-order valence-corrected chi connectivity index (χ2v) is 6.23. The van der Waals surface area contributed by atoms with Crippen LogP contribution >= 0.6 is 27.3 Å². The summed E-state index contributed by atoms with van der Waals surface area (Å²) in [5.74, 6) is 0.851. The normalized spacial score (nSPS) is 21.6. The molecule has 13 heavy (non-hydrogen) atoms. The van der Waals surface area contributed by atoms with Crippen molar-refractivity contribution in [2.24, 2.45) is 11.7 Å². The Morgan fingerprint density at radius 3 is 3.08 bits per heavy atom. The highest BCUT2D eigenvalue weighted by Gasteiger charge is 2.21. The summed E-state index contributed by atoms with van der Waals surface area (Å²) in [5, 5.41) is 0. The molecule has 2 N–H and O–H groups in total. The van der Waals surface area contributed by atoms with E-state index in [1.54, 1.807) is 4.88 Å². The number of nitrogens with two attached hydrogens (primary N) is 1. The first-order valence-corrected chi connectivity index (χ1v) is 6.32. The van der Waals surface area contributed by atoms with E-state index >= 15 is 0 Å². The lowest BCUT2D eigenvalue weighted by atomic mass is 9.89. The van der Waals surface area contributed by atoms with Crippen LogP contribution in [-0.4, -0.2) is 0 Å². The van der Waals surface area contributed by atoms with Crippen molar-refractivity contribution in [2.75, 3.05) is 0 Å². The molecular formula is C10H14BrNS. The van der Waals surface area contributed by atoms with Crippen LogP contribution in [0.25, 0.3) is 0 Å². The van der Waals surface area contributed by atoms with Gasteiger partial charge in [-0.15, -0.1) is 11.3 Å². The van der Waals surface area contributed by atoms with E-state index in [1.807, 2.05) is 11.3 Å². The van der Waals surface area contributed by atoms with Crippen molar-refractivity contribution in [3.63, 3.8) is 0 Å². The highest BCUT2D eigenvalue weighted by Crippen LogP contribution is 2.38. The molecule has 1 aliphatic rings. The Bertz CT molecular complexity index is 319. The van der Waals surface area contributed by atoms with Gasteiger partial charge in [-0.2, -0.15) is 0 Å². The fourth-order valence-corrected chi connectivity index (χ4v) is 4.24. The van der Waals surface area contributed by atoms with E-state index in [-0.39, 0.29) is 0 Å². The minimum absolute atomic E-state index is 0.681. The Balaban J connectivity index is 2.41. The standard InChI is InChI=1S/C10H14BrNS/c1-6-2-3-7-8(5-12)10(11)13-9(7)4-6/h6H,2-5,12H2,1H3. The lowest BCUT2D eigenvalue weighted by Crippen LogP contribution is -2.11. The monoisotopic (exact) mass is 259 g/mol. The second kappa shape index (κ2) is 3.71. The Morgan fingerprint density at radius 1 is 1.62 bits per heavy atom. The Morgan fingerprint density at radius 2 is 2.38 bits per heavy atom. The first-order chi connectivity index (χ1) is 6.22. The van der Waals surface area contributed by atoms with E-state index in [1.165, 1.54) is 34.2 Å². The highest BCUT2D eigenvalue weighted by molar-refractivity contribution is 9.11. The van der Waals surface area contributed by atoms with E-state index in [4.69, 9.17) is 5.73 Å². The van der Waals surface area contributed by atoms with Gasteiger partial charge in [-0.25, -0.2) is 0 Å². The van der Waals surface area contributed by atoms with Crippen LogP contribution in [-0.2, 0) is 19.4 Å². The van der Waals surface area contributed by atoms with Gasteiger partial charge in [0.25, 0.3) is 0 Å². The van der Waals surface area contributed by atoms with Crippen LogP contribution in [0.2, 0.25) is 0 Å². The number of hydrogen-bond acceptors (Lipinski definition) is 2. The molecule has 1 aliphatic carbocycles. The molecule has 1 heterocycles. The molecule has 0 bridgehead atoms. The molecule has 1 unspecified atom stereocenters. The Kier molecular flexibility index (Phi) is 2.77. The Hall–Kier alpha value is 0.140. The van der Waals surface area contributed by atoms with E-state index in [9.17, 15) is 0 Å². The van der Waals surface area contributed by atoms with Gasteiger partial charge in [0.1, 0.15) is 0 Å². The molecule has 1 nitrogen and oxygen atoms in total. The number of hydrogen-bond donors (Lipinski definition) is 1. The van der Waals surface area contributed by atoms with Crippen molar-refractivity contribution in [2.45, 2.75) is 32.7 Å². The third-order valence-electron chi connectivity index (χ3n) is 2.78. The van der Waals surface area contributed by atoms with Crippen LogP contribution in [0, 0.1) is 5.92 Å². The summed E-state index contributed by atoms with van der Waals surface area (Å²) >= 11 is 5.48. The maximum Gasteiger partial charge on any atom is 0.0749 e. The van der Waals surface area contributed by atoms with Crippen molar-refractivity contribution >= 4 is 27.3 Å². The first kappa shape index (κ1) is 9.69. The van der Waals surface area contributed by atoms with Gasteiger partial charge in [0.05, 0.1) is 3.79 Å². The van der Waals surface area contributed by atoms with E-state index in [0.29, 0.717) is 6.54 Å². The predicted molar refractivity (Wildman–Crippen MR) is 61.1 cm³/mol. The van der Waals surface area contributed by atoms with Gasteiger partial charge in [0.2, 0.25) is 0 Å². The molecule has 0 aliphatic heterocycles. The average molecular weight is 260 g/mol. The summed E-state index contributed by atoms with van der Waals surface area (Å²) in [6.07, 6.45) is 3.80. The van der Waals surface area contributed by atoms with Gasteiger partial charge in [-0.05, 0) is 52.2 Å². The molecule has 0 saturated heterocycles. The fourth-order valence-electron chi connectivity index (χ4n) is 1.99. The number of fused-ring (bicyclic) bond motifs is 1. The molecule has 3 heteroatoms. The van der Waals surface area contributed by atoms with Crippen molar-refractivity contribution in [1.82, 2.24) is 0 Å². The molecule has 0 aromatic carbocycles. The van der Waals surface area contributed by atoms with Crippen LogP contribution in [0.4, 0.5) is 0 Å². The summed E-state index contributed by atoms with van der Waals surface area (Å²) in [6, 6.07) is 0. The predicted octanol–water partition coefficient (Wildman–Crippen LogP) is 3.09. The second-order valence-electron chi connectivity index (χ2n) is 3.81. The maximum absolute atomic E-state index is 5.73. The fraction of sp³-hybridized carbons (Fsp3) is 0.600. The van der Waals surface area contributed by atoms with Gasteiger partial charge < -0.3 is 5.73 Å². The van der Waals surface area contributed by atoms with Crippen molar-refractivity contribution in [3.05, 3.63) is 19.8 Å². The smallest absolute Gasteiger partial charge is 0.0749 e. The largest absolute Gasteiger partial charge is 0.326 e. The Labute approximate surface area is 91.5 Å². The minimum Gasteiger partial charge on any atom is -0.326 e. The van der Waals surface area contributed by atoms with E-state index < -0.39 is 0 Å². The van der Waals surface area contributed by atoms with Crippen LogP contribution in [0.1, 0.15) is 29.3 Å². The van der Waals surface area contributed by atoms with Gasteiger partial charge in [-0.3, -0.25) is 0 Å². The molecule has 0 saturated carbocycles. The third-order valence-corrected chi connectivity index (χ3v) is 4.83. The number of halogens is 1. The van der Waals surface area contributed by atoms with Gasteiger partial charge >= 0.3 is 0 Å². The zero-order valence-electron chi connectivity index (χ0n) is 7.77. The van der Waals surface area contributed by atoms with Gasteiger partial charge in [-0.1, -0.05) is 6.92 Å². The van der Waals surface area contributed by atoms with Crippen molar-refractivity contribution in [3.8, 4) is 0 Å². The average Bonchev–Trinajstić information content (AvgIpc) is 2.39. The zero-order valence-corrected chi connectivity index (χ0v) is 10.2. The van der Waals surface area contributed by atoms with Crippen molar-refractivity contribution < 1.29 is 0 Å². The summed E-state index contributed by atoms with van der Waals surface area (Å²) in [5.41, 5.74) is 8.62. The maximum atomic E-state index is 5.73. The highest BCUT2D eigenvalue weighted by atomic mass is 79.9. The lowest BCUT2D eigenvalue weighted by Gasteiger charge is -2.18. The summed E-state index contributed by atoms with van der Waals surface area (Å²) in [4.78, 5) is 1.56. The van der Waals surface area contributed by atoms with Gasteiger partial charge in [0.15, 0.2) is 0 Å². The molecule has 1 aromatic heterocycles. The van der Waals surface area contributed by atoms with Crippen LogP contribution in [0.3, 0.4) is 0 Å².